The van der Waals surface area contributed by atoms with Crippen molar-refractivity contribution in [3.05, 3.63) is 94.5 Å². The highest BCUT2D eigenvalue weighted by Gasteiger charge is 2.18. The molecule has 0 fully saturated rings. The van der Waals surface area contributed by atoms with Crippen LogP contribution in [0.15, 0.2) is 66.7 Å². The number of methoxy groups -OCH3 is 2. The maximum absolute atomic E-state index is 11.6. The van der Waals surface area contributed by atoms with Gasteiger partial charge in [-0.15, -0.1) is 0 Å². The Kier molecular flexibility index (Phi) is 9.25. The molecule has 0 saturated carbocycles. The Morgan fingerprint density at radius 2 is 1.31 bits per heavy atom. The van der Waals surface area contributed by atoms with Gasteiger partial charge in [0.25, 0.3) is 0 Å². The largest absolute Gasteiger partial charge is 0.506 e. The number of aromatic hydroxyl groups is 1. The standard InChI is InChI=1S/C26H32N2O6S/c1-33-16-18-4-8-20(9-5-18)26(21-10-6-19(7-11-21)17-34-2)27-15-25(30)22-12-13-24(29)23(14-22)28-35(3,31)32/h4-14,25-30H,15-17H2,1-3H3. The van der Waals surface area contributed by atoms with Gasteiger partial charge in [-0.2, -0.15) is 0 Å². The molecule has 4 N–H and O–H groups in total. The molecule has 9 heteroatoms. The van der Waals surface area contributed by atoms with Crippen LogP contribution in [0, 0.1) is 0 Å². The Bertz CT molecular complexity index is 1150. The lowest BCUT2D eigenvalue weighted by molar-refractivity contribution is 0.172. The zero-order chi connectivity index (χ0) is 25.4. The van der Waals surface area contributed by atoms with Crippen molar-refractivity contribution >= 4 is 15.7 Å². The van der Waals surface area contributed by atoms with Gasteiger partial charge in [-0.25, -0.2) is 8.42 Å². The van der Waals surface area contributed by atoms with Gasteiger partial charge in [0.2, 0.25) is 10.0 Å². The normalized spacial score (nSPS) is 12.6. The van der Waals surface area contributed by atoms with Crippen molar-refractivity contribution < 1.29 is 28.1 Å². The van der Waals surface area contributed by atoms with E-state index < -0.39 is 16.1 Å². The van der Waals surface area contributed by atoms with Crippen LogP contribution in [0.2, 0.25) is 0 Å². The Labute approximate surface area is 206 Å². The molecule has 188 valence electrons. The number of nitrogens with one attached hydrogen (secondary N) is 2. The summed E-state index contributed by atoms with van der Waals surface area (Å²) < 4.78 is 35.8. The van der Waals surface area contributed by atoms with Crippen LogP contribution in [0.3, 0.4) is 0 Å². The number of phenolic OH excluding ortho intramolecular Hbond substituents is 1. The molecular weight excluding hydrogens is 468 g/mol. The van der Waals surface area contributed by atoms with Crippen LogP contribution in [0.4, 0.5) is 5.69 Å². The lowest BCUT2D eigenvalue weighted by atomic mass is 9.96. The van der Waals surface area contributed by atoms with Gasteiger partial charge in [-0.05, 0) is 39.9 Å². The number of hydrogen-bond acceptors (Lipinski definition) is 7. The van der Waals surface area contributed by atoms with Crippen molar-refractivity contribution in [2.45, 2.75) is 25.4 Å². The van der Waals surface area contributed by atoms with Crippen LogP contribution >= 0.6 is 0 Å². The quantitative estimate of drug-likeness (QED) is 0.281. The zero-order valence-electron chi connectivity index (χ0n) is 20.1. The highest BCUT2D eigenvalue weighted by Crippen LogP contribution is 2.29. The monoisotopic (exact) mass is 500 g/mol. The maximum Gasteiger partial charge on any atom is 0.229 e. The molecule has 3 aromatic rings. The summed E-state index contributed by atoms with van der Waals surface area (Å²) in [6.45, 7) is 1.23. The van der Waals surface area contributed by atoms with E-state index in [0.717, 1.165) is 28.5 Å². The summed E-state index contributed by atoms with van der Waals surface area (Å²) in [6.07, 6.45) is 0.0519. The lowest BCUT2D eigenvalue weighted by Crippen LogP contribution is -2.27. The van der Waals surface area contributed by atoms with Gasteiger partial charge in [0.1, 0.15) is 5.75 Å². The van der Waals surface area contributed by atoms with E-state index in [1.807, 2.05) is 48.5 Å². The summed E-state index contributed by atoms with van der Waals surface area (Å²) in [5, 5.41) is 24.2. The van der Waals surface area contributed by atoms with Crippen LogP contribution in [0.1, 0.15) is 40.0 Å². The summed E-state index contributed by atoms with van der Waals surface area (Å²) >= 11 is 0. The first-order valence-electron chi connectivity index (χ1n) is 11.1. The number of benzene rings is 3. The molecule has 8 nitrogen and oxygen atoms in total. The van der Waals surface area contributed by atoms with E-state index in [9.17, 15) is 18.6 Å². The first-order chi connectivity index (χ1) is 16.7. The average molecular weight is 501 g/mol. The second kappa shape index (κ2) is 12.1. The Morgan fingerprint density at radius 3 is 1.77 bits per heavy atom. The van der Waals surface area contributed by atoms with Crippen LogP contribution in [0.25, 0.3) is 0 Å². The molecule has 3 aromatic carbocycles. The number of phenols is 1. The Balaban J connectivity index is 1.82. The van der Waals surface area contributed by atoms with E-state index in [1.165, 1.54) is 12.1 Å². The van der Waals surface area contributed by atoms with Gasteiger partial charge in [-0.3, -0.25) is 4.72 Å². The molecule has 0 bridgehead atoms. The molecule has 0 amide bonds. The molecule has 0 aliphatic heterocycles. The van der Waals surface area contributed by atoms with Crippen molar-refractivity contribution in [2.75, 3.05) is 31.7 Å². The minimum absolute atomic E-state index is 0.0167. The molecule has 0 heterocycles. The molecular formula is C26H32N2O6S. The van der Waals surface area contributed by atoms with Crippen LogP contribution in [-0.4, -0.2) is 45.7 Å². The number of aliphatic hydroxyl groups is 1. The fourth-order valence-corrected chi connectivity index (χ4v) is 4.33. The highest BCUT2D eigenvalue weighted by atomic mass is 32.2. The van der Waals surface area contributed by atoms with Gasteiger partial charge < -0.3 is 25.0 Å². The summed E-state index contributed by atoms with van der Waals surface area (Å²) in [5.41, 5.74) is 4.62. The van der Waals surface area contributed by atoms with Crippen LogP contribution < -0.4 is 10.0 Å². The number of anilines is 1. The summed E-state index contributed by atoms with van der Waals surface area (Å²) in [4.78, 5) is 0. The molecule has 0 aliphatic rings. The Hall–Kier alpha value is -2.95. The third-order valence-corrected chi connectivity index (χ3v) is 6.05. The maximum atomic E-state index is 11.6. The van der Waals surface area contributed by atoms with Crippen molar-refractivity contribution in [1.29, 1.82) is 0 Å². The molecule has 0 radical (unpaired) electrons. The fourth-order valence-electron chi connectivity index (χ4n) is 3.76. The predicted octanol–water partition coefficient (Wildman–Crippen LogP) is 3.47. The molecule has 35 heavy (non-hydrogen) atoms. The van der Waals surface area contributed by atoms with Gasteiger partial charge >= 0.3 is 0 Å². The van der Waals surface area contributed by atoms with Crippen molar-refractivity contribution in [2.24, 2.45) is 0 Å². The van der Waals surface area contributed by atoms with Gasteiger partial charge in [0.05, 0.1) is 37.3 Å². The molecule has 1 atom stereocenters. The minimum Gasteiger partial charge on any atom is -0.506 e. The van der Waals surface area contributed by atoms with Gasteiger partial charge in [0, 0.05) is 20.8 Å². The fraction of sp³-hybridized carbons (Fsp3) is 0.308. The second-order valence-electron chi connectivity index (χ2n) is 8.36. The molecule has 0 spiro atoms. The van der Waals surface area contributed by atoms with E-state index >= 15 is 0 Å². The van der Waals surface area contributed by atoms with E-state index in [0.29, 0.717) is 18.8 Å². The third-order valence-electron chi connectivity index (χ3n) is 5.46. The topological polar surface area (TPSA) is 117 Å². The van der Waals surface area contributed by atoms with E-state index in [1.54, 1.807) is 20.3 Å². The van der Waals surface area contributed by atoms with Crippen molar-refractivity contribution in [1.82, 2.24) is 5.32 Å². The first-order valence-corrected chi connectivity index (χ1v) is 13.0. The molecule has 0 aromatic heterocycles. The molecule has 0 saturated heterocycles. The lowest BCUT2D eigenvalue weighted by Gasteiger charge is -2.23. The number of ether oxygens (including phenoxy) is 2. The summed E-state index contributed by atoms with van der Waals surface area (Å²) in [7, 11) is -0.272. The van der Waals surface area contributed by atoms with Crippen LogP contribution in [0.5, 0.6) is 5.75 Å². The number of rotatable bonds is 12. The van der Waals surface area contributed by atoms with Crippen molar-refractivity contribution in [3.63, 3.8) is 0 Å². The highest BCUT2D eigenvalue weighted by molar-refractivity contribution is 7.92. The van der Waals surface area contributed by atoms with E-state index in [4.69, 9.17) is 9.47 Å². The smallest absolute Gasteiger partial charge is 0.229 e. The predicted molar refractivity (Wildman–Crippen MR) is 136 cm³/mol. The van der Waals surface area contributed by atoms with Gasteiger partial charge in [-0.1, -0.05) is 54.6 Å². The number of aliphatic hydroxyl groups excluding tert-OH is 1. The van der Waals surface area contributed by atoms with E-state index in [-0.39, 0.29) is 24.0 Å². The second-order valence-corrected chi connectivity index (χ2v) is 10.1. The summed E-state index contributed by atoms with van der Waals surface area (Å²) in [6, 6.07) is 20.3. The third kappa shape index (κ3) is 7.78. The van der Waals surface area contributed by atoms with Gasteiger partial charge in [0.15, 0.2) is 0 Å². The SMILES string of the molecule is COCc1ccc(C(NCC(O)c2ccc(O)c(NS(C)(=O)=O)c2)c2ccc(COC)cc2)cc1. The van der Waals surface area contributed by atoms with E-state index in [2.05, 4.69) is 10.0 Å². The number of sulfonamides is 1. The molecule has 1 unspecified atom stereocenters. The number of hydrogen-bond donors (Lipinski definition) is 4. The van der Waals surface area contributed by atoms with Crippen molar-refractivity contribution in [3.8, 4) is 5.75 Å². The first kappa shape index (κ1) is 26.7. The minimum atomic E-state index is -3.58. The molecule has 3 rings (SSSR count). The van der Waals surface area contributed by atoms with Crippen LogP contribution in [-0.2, 0) is 32.7 Å². The molecule has 0 aliphatic carbocycles. The zero-order valence-corrected chi connectivity index (χ0v) is 20.9. The average Bonchev–Trinajstić information content (AvgIpc) is 2.82. The summed E-state index contributed by atoms with van der Waals surface area (Å²) in [5.74, 6) is -0.218. The Morgan fingerprint density at radius 1 is 0.829 bits per heavy atom.